The maximum atomic E-state index is 4.98. The van der Waals surface area contributed by atoms with Crippen molar-refractivity contribution in [3.05, 3.63) is 158 Å². The van der Waals surface area contributed by atoms with Crippen molar-refractivity contribution in [2.75, 3.05) is 0 Å². The van der Waals surface area contributed by atoms with E-state index in [4.69, 9.17) is 15.0 Å². The molecule has 44 heavy (non-hydrogen) atoms. The van der Waals surface area contributed by atoms with E-state index in [1.54, 1.807) is 0 Å². The third kappa shape index (κ3) is 4.59. The second-order valence-corrected chi connectivity index (χ2v) is 10.7. The van der Waals surface area contributed by atoms with Crippen LogP contribution in [0.15, 0.2) is 158 Å². The average Bonchev–Trinajstić information content (AvgIpc) is 3.11. The lowest BCUT2D eigenvalue weighted by molar-refractivity contribution is 1.07. The molecule has 0 aliphatic rings. The van der Waals surface area contributed by atoms with Gasteiger partial charge in [0.1, 0.15) is 0 Å². The molecule has 4 nitrogen and oxygen atoms in total. The first-order chi connectivity index (χ1) is 21.8. The van der Waals surface area contributed by atoms with Crippen molar-refractivity contribution in [1.29, 1.82) is 0 Å². The summed E-state index contributed by atoms with van der Waals surface area (Å²) >= 11 is 0. The fourth-order valence-electron chi connectivity index (χ4n) is 6.01. The van der Waals surface area contributed by atoms with Crippen LogP contribution in [0.4, 0.5) is 0 Å². The van der Waals surface area contributed by atoms with Gasteiger partial charge < -0.3 is 0 Å². The highest BCUT2D eigenvalue weighted by Gasteiger charge is 2.18. The third-order valence-electron chi connectivity index (χ3n) is 7.99. The Balaban J connectivity index is 1.36. The molecule has 0 unspecified atom stereocenters. The minimum absolute atomic E-state index is 0.639. The van der Waals surface area contributed by atoms with E-state index < -0.39 is 0 Å². The molecule has 0 spiro atoms. The van der Waals surface area contributed by atoms with Crippen LogP contribution >= 0.6 is 0 Å². The van der Waals surface area contributed by atoms with Gasteiger partial charge in [-0.15, -0.1) is 0 Å². The highest BCUT2D eigenvalue weighted by Crippen LogP contribution is 2.43. The SMILES string of the molecule is c1ccc(-c2nc(-c3ccccc3)nc(-c3cccc(-c4c5ccccc5c(-c5cccnc5)c5ccccc45)c3)n2)cc1. The number of rotatable bonds is 5. The number of aromatic nitrogens is 4. The lowest BCUT2D eigenvalue weighted by atomic mass is 9.86. The van der Waals surface area contributed by atoms with Crippen molar-refractivity contribution in [3.63, 3.8) is 0 Å². The fraction of sp³-hybridized carbons (Fsp3) is 0. The molecule has 0 N–H and O–H groups in total. The van der Waals surface area contributed by atoms with Gasteiger partial charge in [-0.2, -0.15) is 0 Å². The molecular weight excluding hydrogens is 536 g/mol. The average molecular weight is 563 g/mol. The molecule has 0 saturated carbocycles. The Morgan fingerprint density at radius 1 is 0.318 bits per heavy atom. The number of nitrogens with zero attached hydrogens (tertiary/aromatic N) is 4. The van der Waals surface area contributed by atoms with E-state index in [2.05, 4.69) is 83.8 Å². The Labute approximate surface area is 255 Å². The zero-order valence-corrected chi connectivity index (χ0v) is 23.8. The van der Waals surface area contributed by atoms with Crippen LogP contribution in [0.5, 0.6) is 0 Å². The smallest absolute Gasteiger partial charge is 0.164 e. The minimum atomic E-state index is 0.639. The van der Waals surface area contributed by atoms with Gasteiger partial charge in [0.2, 0.25) is 0 Å². The van der Waals surface area contributed by atoms with Crippen molar-refractivity contribution in [1.82, 2.24) is 19.9 Å². The molecule has 0 fully saturated rings. The van der Waals surface area contributed by atoms with Crippen molar-refractivity contribution in [2.45, 2.75) is 0 Å². The molecule has 8 aromatic rings. The van der Waals surface area contributed by atoms with Crippen LogP contribution in [0, 0.1) is 0 Å². The van der Waals surface area contributed by atoms with Gasteiger partial charge in [-0.1, -0.05) is 133 Å². The van der Waals surface area contributed by atoms with Crippen LogP contribution in [0.3, 0.4) is 0 Å². The van der Waals surface area contributed by atoms with Crippen LogP contribution in [0.2, 0.25) is 0 Å². The Hall–Kier alpha value is -6.00. The maximum Gasteiger partial charge on any atom is 0.164 e. The van der Waals surface area contributed by atoms with E-state index in [1.165, 1.54) is 32.7 Å². The van der Waals surface area contributed by atoms with Crippen molar-refractivity contribution < 1.29 is 0 Å². The van der Waals surface area contributed by atoms with Gasteiger partial charge >= 0.3 is 0 Å². The molecule has 0 bridgehead atoms. The number of benzene rings is 6. The van der Waals surface area contributed by atoms with E-state index in [1.807, 2.05) is 79.1 Å². The zero-order valence-electron chi connectivity index (χ0n) is 23.8. The molecule has 206 valence electrons. The van der Waals surface area contributed by atoms with Crippen LogP contribution < -0.4 is 0 Å². The van der Waals surface area contributed by atoms with E-state index in [0.29, 0.717) is 17.5 Å². The van der Waals surface area contributed by atoms with Gasteiger partial charge in [0.25, 0.3) is 0 Å². The van der Waals surface area contributed by atoms with Crippen molar-refractivity contribution >= 4 is 21.5 Å². The van der Waals surface area contributed by atoms with Crippen LogP contribution in [0.25, 0.3) is 78.0 Å². The Bertz CT molecular complexity index is 2150. The minimum Gasteiger partial charge on any atom is -0.264 e. The van der Waals surface area contributed by atoms with E-state index in [-0.39, 0.29) is 0 Å². The molecule has 2 heterocycles. The van der Waals surface area contributed by atoms with Gasteiger partial charge in [0, 0.05) is 34.6 Å². The molecule has 4 heteroatoms. The summed E-state index contributed by atoms with van der Waals surface area (Å²) in [7, 11) is 0. The quantitative estimate of drug-likeness (QED) is 0.196. The zero-order chi connectivity index (χ0) is 29.3. The largest absolute Gasteiger partial charge is 0.264 e. The standard InChI is InChI=1S/C40H26N4/c1-3-13-27(14-4-1)38-42-39(28-15-5-2-6-16-28)44-40(43-38)30-18-11-17-29(25-30)36-32-20-7-9-22-34(32)37(31-19-12-24-41-26-31)35-23-10-8-21-33(35)36/h1-26H. The first kappa shape index (κ1) is 25.7. The molecule has 0 amide bonds. The number of hydrogen-bond acceptors (Lipinski definition) is 4. The molecular formula is C40H26N4. The Morgan fingerprint density at radius 3 is 1.23 bits per heavy atom. The van der Waals surface area contributed by atoms with Crippen molar-refractivity contribution in [2.24, 2.45) is 0 Å². The lowest BCUT2D eigenvalue weighted by Gasteiger charge is -2.18. The normalized spacial score (nSPS) is 11.2. The molecule has 0 radical (unpaired) electrons. The maximum absolute atomic E-state index is 4.98. The highest BCUT2D eigenvalue weighted by molar-refractivity contribution is 6.21. The second-order valence-electron chi connectivity index (χ2n) is 10.7. The summed E-state index contributed by atoms with van der Waals surface area (Å²) in [4.78, 5) is 19.3. The molecule has 0 atom stereocenters. The molecule has 6 aromatic carbocycles. The molecule has 0 aliphatic carbocycles. The second kappa shape index (κ2) is 11.0. The van der Waals surface area contributed by atoms with Gasteiger partial charge in [-0.05, 0) is 50.4 Å². The monoisotopic (exact) mass is 562 g/mol. The number of pyridine rings is 1. The van der Waals surface area contributed by atoms with Gasteiger partial charge in [-0.25, -0.2) is 15.0 Å². The molecule has 2 aromatic heterocycles. The molecule has 0 aliphatic heterocycles. The summed E-state index contributed by atoms with van der Waals surface area (Å²) in [5.41, 5.74) is 7.43. The van der Waals surface area contributed by atoms with Crippen LogP contribution in [-0.4, -0.2) is 19.9 Å². The summed E-state index contributed by atoms with van der Waals surface area (Å²) in [6.45, 7) is 0. The molecule has 0 saturated heterocycles. The third-order valence-corrected chi connectivity index (χ3v) is 7.99. The van der Waals surface area contributed by atoms with E-state index in [0.717, 1.165) is 27.8 Å². The predicted octanol–water partition coefficient (Wildman–Crippen LogP) is 9.91. The van der Waals surface area contributed by atoms with Gasteiger partial charge in [-0.3, -0.25) is 4.98 Å². The summed E-state index contributed by atoms with van der Waals surface area (Å²) in [6.07, 6.45) is 3.77. The predicted molar refractivity (Wildman–Crippen MR) is 180 cm³/mol. The number of fused-ring (bicyclic) bond motifs is 2. The van der Waals surface area contributed by atoms with Gasteiger partial charge in [0.05, 0.1) is 0 Å². The van der Waals surface area contributed by atoms with E-state index in [9.17, 15) is 0 Å². The first-order valence-electron chi connectivity index (χ1n) is 14.6. The summed E-state index contributed by atoms with van der Waals surface area (Å²) < 4.78 is 0. The Morgan fingerprint density at radius 2 is 0.727 bits per heavy atom. The number of hydrogen-bond donors (Lipinski definition) is 0. The van der Waals surface area contributed by atoms with E-state index >= 15 is 0 Å². The van der Waals surface area contributed by atoms with Crippen LogP contribution in [0.1, 0.15) is 0 Å². The summed E-state index contributed by atoms with van der Waals surface area (Å²) in [6, 6.07) is 50.2. The lowest BCUT2D eigenvalue weighted by Crippen LogP contribution is -2.00. The molecule has 8 rings (SSSR count). The highest BCUT2D eigenvalue weighted by atomic mass is 15.0. The van der Waals surface area contributed by atoms with Crippen molar-refractivity contribution in [3.8, 4) is 56.4 Å². The van der Waals surface area contributed by atoms with Gasteiger partial charge in [0.15, 0.2) is 17.5 Å². The van der Waals surface area contributed by atoms with Crippen LogP contribution in [-0.2, 0) is 0 Å². The first-order valence-corrected chi connectivity index (χ1v) is 14.6. The summed E-state index contributed by atoms with van der Waals surface area (Å²) in [5.74, 6) is 1.94. The summed E-state index contributed by atoms with van der Waals surface area (Å²) in [5, 5.41) is 4.76. The Kier molecular flexibility index (Phi) is 6.43. The topological polar surface area (TPSA) is 51.6 Å². The fourth-order valence-corrected chi connectivity index (χ4v) is 6.01.